The van der Waals surface area contributed by atoms with Crippen LogP contribution in [0, 0.1) is 5.41 Å². The lowest BCUT2D eigenvalue weighted by Crippen LogP contribution is -2.34. The molecule has 0 aliphatic rings. The molecule has 1 rings (SSSR count). The summed E-state index contributed by atoms with van der Waals surface area (Å²) in [6, 6.07) is 9.40. The van der Waals surface area contributed by atoms with Gasteiger partial charge in [0, 0.05) is 6.08 Å². The van der Waals surface area contributed by atoms with Crippen LogP contribution < -0.4 is 11.1 Å². The molecule has 80 valence electrons. The fourth-order valence-corrected chi connectivity index (χ4v) is 0.910. The first-order valence-electron chi connectivity index (χ1n) is 4.06. The van der Waals surface area contributed by atoms with E-state index in [4.69, 9.17) is 11.1 Å². The highest BCUT2D eigenvalue weighted by Crippen LogP contribution is 2.00. The van der Waals surface area contributed by atoms with E-state index >= 15 is 0 Å². The summed E-state index contributed by atoms with van der Waals surface area (Å²) >= 11 is 0. The van der Waals surface area contributed by atoms with E-state index < -0.39 is 5.91 Å². The van der Waals surface area contributed by atoms with Crippen LogP contribution in [-0.4, -0.2) is 11.9 Å². The lowest BCUT2D eigenvalue weighted by Gasteiger charge is -1.96. The van der Waals surface area contributed by atoms with Crippen molar-refractivity contribution in [2.75, 3.05) is 0 Å². The van der Waals surface area contributed by atoms with Crippen molar-refractivity contribution in [3.8, 4) is 0 Å². The Balaban J connectivity index is 0.00000196. The van der Waals surface area contributed by atoms with Crippen molar-refractivity contribution < 1.29 is 4.79 Å². The molecule has 0 aliphatic heterocycles. The SMILES string of the molecule is Cl.N=C(N)NC(=O)/C=C/c1ccccc1. The first kappa shape index (κ1) is 13.2. The average molecular weight is 226 g/mol. The fraction of sp³-hybridized carbons (Fsp3) is 0. The predicted molar refractivity (Wildman–Crippen MR) is 62.8 cm³/mol. The summed E-state index contributed by atoms with van der Waals surface area (Å²) in [4.78, 5) is 11.0. The molecule has 0 fully saturated rings. The molecular formula is C10H12ClN3O. The van der Waals surface area contributed by atoms with E-state index in [9.17, 15) is 4.79 Å². The van der Waals surface area contributed by atoms with Crippen LogP contribution in [-0.2, 0) is 4.79 Å². The zero-order valence-corrected chi connectivity index (χ0v) is 8.75. The molecule has 4 N–H and O–H groups in total. The molecule has 4 nitrogen and oxygen atoms in total. The molecule has 1 amide bonds. The first-order valence-corrected chi connectivity index (χ1v) is 4.06. The topological polar surface area (TPSA) is 79.0 Å². The molecule has 0 radical (unpaired) electrons. The number of nitrogens with one attached hydrogen (secondary N) is 2. The van der Waals surface area contributed by atoms with Crippen LogP contribution >= 0.6 is 12.4 Å². The Morgan fingerprint density at radius 3 is 2.47 bits per heavy atom. The Kier molecular flexibility index (Phi) is 5.82. The van der Waals surface area contributed by atoms with Gasteiger partial charge in [-0.3, -0.25) is 15.5 Å². The number of hydrogen-bond donors (Lipinski definition) is 3. The molecule has 1 aromatic rings. The van der Waals surface area contributed by atoms with E-state index in [0.717, 1.165) is 5.56 Å². The smallest absolute Gasteiger partial charge is 0.250 e. The molecule has 0 unspecified atom stereocenters. The van der Waals surface area contributed by atoms with Gasteiger partial charge in [-0.15, -0.1) is 12.4 Å². The van der Waals surface area contributed by atoms with Gasteiger partial charge in [-0.1, -0.05) is 30.3 Å². The van der Waals surface area contributed by atoms with Crippen molar-refractivity contribution in [3.05, 3.63) is 42.0 Å². The molecule has 5 heteroatoms. The molecule has 0 bridgehead atoms. The van der Waals surface area contributed by atoms with Gasteiger partial charge in [0.25, 0.3) is 5.91 Å². The van der Waals surface area contributed by atoms with Crippen LogP contribution in [0.4, 0.5) is 0 Å². The number of carbonyl (C=O) groups excluding carboxylic acids is 1. The van der Waals surface area contributed by atoms with Crippen LogP contribution in [0.2, 0.25) is 0 Å². The van der Waals surface area contributed by atoms with Crippen molar-refractivity contribution in [1.29, 1.82) is 5.41 Å². The maximum absolute atomic E-state index is 11.0. The molecule has 0 aliphatic carbocycles. The summed E-state index contributed by atoms with van der Waals surface area (Å²) in [6.07, 6.45) is 2.98. The zero-order valence-electron chi connectivity index (χ0n) is 7.94. The number of carbonyl (C=O) groups is 1. The van der Waals surface area contributed by atoms with Gasteiger partial charge < -0.3 is 5.73 Å². The second-order valence-corrected chi connectivity index (χ2v) is 2.65. The Hall–Kier alpha value is -1.81. The number of benzene rings is 1. The average Bonchev–Trinajstić information content (AvgIpc) is 2.15. The number of amides is 1. The van der Waals surface area contributed by atoms with Crippen LogP contribution in [0.25, 0.3) is 6.08 Å². The number of rotatable bonds is 2. The third kappa shape index (κ3) is 5.49. The van der Waals surface area contributed by atoms with Crippen LogP contribution in [0.5, 0.6) is 0 Å². The lowest BCUT2D eigenvalue weighted by atomic mass is 10.2. The molecule has 1 aromatic carbocycles. The van der Waals surface area contributed by atoms with E-state index in [2.05, 4.69) is 5.32 Å². The van der Waals surface area contributed by atoms with Crippen LogP contribution in [0.15, 0.2) is 36.4 Å². The van der Waals surface area contributed by atoms with Gasteiger partial charge in [0.05, 0.1) is 0 Å². The van der Waals surface area contributed by atoms with E-state index in [1.807, 2.05) is 30.3 Å². The number of guanidine groups is 1. The van der Waals surface area contributed by atoms with Crippen molar-refractivity contribution in [2.45, 2.75) is 0 Å². The van der Waals surface area contributed by atoms with E-state index in [0.29, 0.717) is 0 Å². The largest absolute Gasteiger partial charge is 0.370 e. The van der Waals surface area contributed by atoms with Crippen LogP contribution in [0.3, 0.4) is 0 Å². The van der Waals surface area contributed by atoms with Crippen molar-refractivity contribution in [1.82, 2.24) is 5.32 Å². The number of nitrogens with two attached hydrogens (primary N) is 1. The Bertz CT molecular complexity index is 362. The Morgan fingerprint density at radius 1 is 1.33 bits per heavy atom. The van der Waals surface area contributed by atoms with Gasteiger partial charge in [-0.2, -0.15) is 0 Å². The van der Waals surface area contributed by atoms with Crippen molar-refractivity contribution >= 4 is 30.3 Å². The van der Waals surface area contributed by atoms with Gasteiger partial charge in [0.15, 0.2) is 5.96 Å². The third-order valence-electron chi connectivity index (χ3n) is 1.48. The monoisotopic (exact) mass is 225 g/mol. The summed E-state index contributed by atoms with van der Waals surface area (Å²) in [6.45, 7) is 0. The first-order chi connectivity index (χ1) is 6.68. The summed E-state index contributed by atoms with van der Waals surface area (Å²) in [5.74, 6) is -0.755. The third-order valence-corrected chi connectivity index (χ3v) is 1.48. The minimum absolute atomic E-state index is 0. The summed E-state index contributed by atoms with van der Waals surface area (Å²) in [7, 11) is 0. The standard InChI is InChI=1S/C10H11N3O.ClH/c11-10(12)13-9(14)7-6-8-4-2-1-3-5-8;/h1-7H,(H4,11,12,13,14);1H/b7-6+;. The predicted octanol–water partition coefficient (Wildman–Crippen LogP) is 1.13. The highest BCUT2D eigenvalue weighted by Gasteiger charge is 1.94. The zero-order chi connectivity index (χ0) is 10.4. The summed E-state index contributed by atoms with van der Waals surface area (Å²) < 4.78 is 0. The molecule has 0 heterocycles. The molecule has 0 atom stereocenters. The molecule has 0 saturated heterocycles. The van der Waals surface area contributed by atoms with Gasteiger partial charge in [0.2, 0.25) is 0 Å². The Morgan fingerprint density at radius 2 is 1.93 bits per heavy atom. The number of halogens is 1. The van der Waals surface area contributed by atoms with Gasteiger partial charge in [-0.05, 0) is 11.6 Å². The second-order valence-electron chi connectivity index (χ2n) is 2.65. The maximum atomic E-state index is 11.0. The highest BCUT2D eigenvalue weighted by atomic mass is 35.5. The van der Waals surface area contributed by atoms with Gasteiger partial charge in [-0.25, -0.2) is 0 Å². The second kappa shape index (κ2) is 6.62. The quantitative estimate of drug-likeness (QED) is 0.401. The minimum atomic E-state index is -0.402. The van der Waals surface area contributed by atoms with Gasteiger partial charge in [0.1, 0.15) is 0 Å². The molecule has 0 aromatic heterocycles. The Labute approximate surface area is 94.1 Å². The maximum Gasteiger partial charge on any atom is 0.250 e. The van der Waals surface area contributed by atoms with Crippen molar-refractivity contribution in [2.24, 2.45) is 5.73 Å². The molecule has 15 heavy (non-hydrogen) atoms. The summed E-state index contributed by atoms with van der Waals surface area (Å²) in [5.41, 5.74) is 5.90. The highest BCUT2D eigenvalue weighted by molar-refractivity contribution is 6.02. The molecule has 0 saturated carbocycles. The lowest BCUT2D eigenvalue weighted by molar-refractivity contribution is -0.115. The number of hydrogen-bond acceptors (Lipinski definition) is 2. The summed E-state index contributed by atoms with van der Waals surface area (Å²) in [5, 5.41) is 8.97. The van der Waals surface area contributed by atoms with E-state index in [1.165, 1.54) is 6.08 Å². The van der Waals surface area contributed by atoms with Gasteiger partial charge >= 0.3 is 0 Å². The minimum Gasteiger partial charge on any atom is -0.370 e. The normalized spacial score (nSPS) is 9.33. The van der Waals surface area contributed by atoms with E-state index in [1.54, 1.807) is 6.08 Å². The van der Waals surface area contributed by atoms with Crippen molar-refractivity contribution in [3.63, 3.8) is 0 Å². The molecule has 0 spiro atoms. The van der Waals surface area contributed by atoms with E-state index in [-0.39, 0.29) is 18.4 Å². The molecular weight excluding hydrogens is 214 g/mol. The fourth-order valence-electron chi connectivity index (χ4n) is 0.910. The van der Waals surface area contributed by atoms with Crippen LogP contribution in [0.1, 0.15) is 5.56 Å².